The molecule has 5 heteroatoms. The third-order valence-corrected chi connectivity index (χ3v) is 3.49. The number of rotatable bonds is 5. The van der Waals surface area contributed by atoms with Crippen molar-refractivity contribution >= 4 is 5.82 Å². The first-order chi connectivity index (χ1) is 9.11. The molecule has 5 nitrogen and oxygen atoms in total. The quantitative estimate of drug-likeness (QED) is 0.851. The third kappa shape index (κ3) is 4.06. The normalized spacial score (nSPS) is 23.1. The Morgan fingerprint density at radius 3 is 3.00 bits per heavy atom. The summed E-state index contributed by atoms with van der Waals surface area (Å²) in [5.74, 6) is 2.23. The highest BCUT2D eigenvalue weighted by atomic mass is 16.5. The maximum absolute atomic E-state index is 5.44. The van der Waals surface area contributed by atoms with E-state index in [0.717, 1.165) is 31.3 Å². The van der Waals surface area contributed by atoms with Crippen molar-refractivity contribution in [2.75, 3.05) is 31.6 Å². The molecule has 0 spiro atoms. The Kier molecular flexibility index (Phi) is 4.58. The number of hydrogen-bond acceptors (Lipinski definition) is 5. The van der Waals surface area contributed by atoms with E-state index in [1.807, 2.05) is 19.9 Å². The Hall–Kier alpha value is -1.36. The van der Waals surface area contributed by atoms with Gasteiger partial charge >= 0.3 is 0 Å². The van der Waals surface area contributed by atoms with Crippen molar-refractivity contribution in [1.82, 2.24) is 15.3 Å². The van der Waals surface area contributed by atoms with E-state index in [4.69, 9.17) is 4.74 Å². The SMILES string of the molecule is CCOc1cc(NCC2(C)CCCNC2)nc(C)n1. The van der Waals surface area contributed by atoms with E-state index in [2.05, 4.69) is 27.5 Å². The number of hydrogen-bond donors (Lipinski definition) is 2. The molecule has 106 valence electrons. The van der Waals surface area contributed by atoms with Gasteiger partial charge in [0.05, 0.1) is 6.61 Å². The van der Waals surface area contributed by atoms with Gasteiger partial charge in [-0.25, -0.2) is 4.98 Å². The van der Waals surface area contributed by atoms with Crippen molar-refractivity contribution in [3.63, 3.8) is 0 Å². The summed E-state index contributed by atoms with van der Waals surface area (Å²) in [5, 5.41) is 6.88. The van der Waals surface area contributed by atoms with E-state index in [-0.39, 0.29) is 0 Å². The Labute approximate surface area is 115 Å². The zero-order valence-electron chi connectivity index (χ0n) is 12.1. The minimum absolute atomic E-state index is 0.295. The molecule has 1 aliphatic heterocycles. The van der Waals surface area contributed by atoms with Crippen molar-refractivity contribution in [2.45, 2.75) is 33.6 Å². The lowest BCUT2D eigenvalue weighted by molar-refractivity contribution is 0.253. The van der Waals surface area contributed by atoms with E-state index in [0.29, 0.717) is 17.9 Å². The van der Waals surface area contributed by atoms with Crippen LogP contribution in [0.1, 0.15) is 32.5 Å². The summed E-state index contributed by atoms with van der Waals surface area (Å²) in [6, 6.07) is 1.87. The average Bonchev–Trinajstić information content (AvgIpc) is 2.37. The van der Waals surface area contributed by atoms with Crippen molar-refractivity contribution in [2.24, 2.45) is 5.41 Å². The van der Waals surface area contributed by atoms with Gasteiger partial charge in [-0.15, -0.1) is 0 Å². The number of aromatic nitrogens is 2. The molecule has 2 N–H and O–H groups in total. The maximum Gasteiger partial charge on any atom is 0.218 e. The molecule has 1 aliphatic rings. The summed E-state index contributed by atoms with van der Waals surface area (Å²) in [6.07, 6.45) is 2.49. The molecule has 1 saturated heterocycles. The monoisotopic (exact) mass is 264 g/mol. The molecule has 0 saturated carbocycles. The van der Waals surface area contributed by atoms with E-state index in [1.165, 1.54) is 12.8 Å². The Balaban J connectivity index is 1.98. The van der Waals surface area contributed by atoms with Crippen molar-refractivity contribution < 1.29 is 4.74 Å². The maximum atomic E-state index is 5.44. The lowest BCUT2D eigenvalue weighted by atomic mass is 9.83. The van der Waals surface area contributed by atoms with Gasteiger partial charge in [-0.3, -0.25) is 0 Å². The second-order valence-corrected chi connectivity index (χ2v) is 5.52. The molecule has 1 atom stereocenters. The minimum Gasteiger partial charge on any atom is -0.478 e. The lowest BCUT2D eigenvalue weighted by Gasteiger charge is -2.34. The van der Waals surface area contributed by atoms with E-state index >= 15 is 0 Å². The van der Waals surface area contributed by atoms with E-state index < -0.39 is 0 Å². The third-order valence-electron chi connectivity index (χ3n) is 3.49. The zero-order chi connectivity index (χ0) is 13.7. The molecular formula is C14H24N4O. The number of piperidine rings is 1. The average molecular weight is 264 g/mol. The van der Waals surface area contributed by atoms with Crippen LogP contribution in [0.3, 0.4) is 0 Å². The molecule has 2 heterocycles. The molecular weight excluding hydrogens is 240 g/mol. The molecule has 0 aliphatic carbocycles. The molecule has 0 radical (unpaired) electrons. The number of nitrogens with zero attached hydrogens (tertiary/aromatic N) is 2. The highest BCUT2D eigenvalue weighted by Gasteiger charge is 2.26. The Morgan fingerprint density at radius 2 is 2.32 bits per heavy atom. The summed E-state index contributed by atoms with van der Waals surface area (Å²) in [4.78, 5) is 8.66. The van der Waals surface area contributed by atoms with Crippen LogP contribution in [-0.2, 0) is 0 Å². The summed E-state index contributed by atoms with van der Waals surface area (Å²) in [6.45, 7) is 9.89. The second-order valence-electron chi connectivity index (χ2n) is 5.52. The first kappa shape index (κ1) is 14.1. The van der Waals surface area contributed by atoms with Crippen LogP contribution >= 0.6 is 0 Å². The van der Waals surface area contributed by atoms with Gasteiger partial charge in [-0.1, -0.05) is 6.92 Å². The van der Waals surface area contributed by atoms with Crippen LogP contribution < -0.4 is 15.4 Å². The molecule has 19 heavy (non-hydrogen) atoms. The smallest absolute Gasteiger partial charge is 0.218 e. The highest BCUT2D eigenvalue weighted by Crippen LogP contribution is 2.26. The second kappa shape index (κ2) is 6.19. The standard InChI is InChI=1S/C14H24N4O/c1-4-19-13-8-12(17-11(2)18-13)16-10-14(3)6-5-7-15-9-14/h8,15H,4-7,9-10H2,1-3H3,(H,16,17,18). The molecule has 0 bridgehead atoms. The van der Waals surface area contributed by atoms with Crippen LogP contribution in [-0.4, -0.2) is 36.2 Å². The highest BCUT2D eigenvalue weighted by molar-refractivity contribution is 5.38. The van der Waals surface area contributed by atoms with Crippen molar-refractivity contribution in [3.05, 3.63) is 11.9 Å². The van der Waals surface area contributed by atoms with Crippen LogP contribution in [0, 0.1) is 12.3 Å². The molecule has 1 fully saturated rings. The first-order valence-corrected chi connectivity index (χ1v) is 7.04. The predicted octanol–water partition coefficient (Wildman–Crippen LogP) is 1.99. The topological polar surface area (TPSA) is 59.1 Å². The summed E-state index contributed by atoms with van der Waals surface area (Å²) in [7, 11) is 0. The zero-order valence-corrected chi connectivity index (χ0v) is 12.1. The van der Waals surface area contributed by atoms with Crippen LogP contribution in [0.2, 0.25) is 0 Å². The first-order valence-electron chi connectivity index (χ1n) is 7.04. The lowest BCUT2D eigenvalue weighted by Crippen LogP contribution is -2.42. The summed E-state index contributed by atoms with van der Waals surface area (Å²) in [5.41, 5.74) is 0.295. The minimum atomic E-state index is 0.295. The van der Waals surface area contributed by atoms with Gasteiger partial charge < -0.3 is 15.4 Å². The number of aryl methyl sites for hydroxylation is 1. The fraction of sp³-hybridized carbons (Fsp3) is 0.714. The molecule has 0 aromatic carbocycles. The fourth-order valence-electron chi connectivity index (χ4n) is 2.43. The van der Waals surface area contributed by atoms with Gasteiger partial charge in [0, 0.05) is 19.2 Å². The van der Waals surface area contributed by atoms with Gasteiger partial charge in [0.25, 0.3) is 0 Å². The summed E-state index contributed by atoms with van der Waals surface area (Å²) < 4.78 is 5.44. The number of nitrogens with one attached hydrogen (secondary N) is 2. The van der Waals surface area contributed by atoms with Gasteiger partial charge in [0.15, 0.2) is 0 Å². The summed E-state index contributed by atoms with van der Waals surface area (Å²) >= 11 is 0. The molecule has 2 rings (SSSR count). The van der Waals surface area contributed by atoms with Crippen molar-refractivity contribution in [3.8, 4) is 5.88 Å². The van der Waals surface area contributed by atoms with Crippen LogP contribution in [0.25, 0.3) is 0 Å². The predicted molar refractivity (Wildman–Crippen MR) is 76.6 cm³/mol. The largest absolute Gasteiger partial charge is 0.478 e. The molecule has 0 amide bonds. The van der Waals surface area contributed by atoms with Gasteiger partial charge in [-0.2, -0.15) is 4.98 Å². The molecule has 1 aromatic rings. The number of anilines is 1. The van der Waals surface area contributed by atoms with Crippen molar-refractivity contribution in [1.29, 1.82) is 0 Å². The van der Waals surface area contributed by atoms with E-state index in [9.17, 15) is 0 Å². The Bertz CT molecular complexity index is 416. The number of ether oxygens (including phenoxy) is 1. The molecule has 1 aromatic heterocycles. The Morgan fingerprint density at radius 1 is 1.47 bits per heavy atom. The fourth-order valence-corrected chi connectivity index (χ4v) is 2.43. The molecule has 1 unspecified atom stereocenters. The van der Waals surface area contributed by atoms with Crippen LogP contribution in [0.15, 0.2) is 6.07 Å². The van der Waals surface area contributed by atoms with Gasteiger partial charge in [-0.05, 0) is 38.6 Å². The van der Waals surface area contributed by atoms with Crippen LogP contribution in [0.4, 0.5) is 5.82 Å². The van der Waals surface area contributed by atoms with E-state index in [1.54, 1.807) is 0 Å². The van der Waals surface area contributed by atoms with Gasteiger partial charge in [0.1, 0.15) is 11.6 Å². The van der Waals surface area contributed by atoms with Gasteiger partial charge in [0.2, 0.25) is 5.88 Å². The van der Waals surface area contributed by atoms with Crippen LogP contribution in [0.5, 0.6) is 5.88 Å².